The molecule has 0 fully saturated rings. The van der Waals surface area contributed by atoms with E-state index in [2.05, 4.69) is 21.0 Å². The van der Waals surface area contributed by atoms with E-state index in [9.17, 15) is 9.18 Å². The Morgan fingerprint density at radius 2 is 2.36 bits per heavy atom. The summed E-state index contributed by atoms with van der Waals surface area (Å²) in [5.74, 6) is -0.381. The Hall–Kier alpha value is -1.43. The quantitative estimate of drug-likeness (QED) is 0.615. The van der Waals surface area contributed by atoms with Gasteiger partial charge in [-0.3, -0.25) is 0 Å². The fourth-order valence-electron chi connectivity index (χ4n) is 0.779. The number of nitrogens with two attached hydrogens (primary N) is 1. The van der Waals surface area contributed by atoms with Crippen LogP contribution in [-0.4, -0.2) is 12.2 Å². The van der Waals surface area contributed by atoms with Crippen molar-refractivity contribution in [2.75, 3.05) is 0 Å². The lowest BCUT2D eigenvalue weighted by atomic mass is 10.2. The van der Waals surface area contributed by atoms with Gasteiger partial charge in [-0.2, -0.15) is 5.10 Å². The minimum atomic E-state index is -0.770. The van der Waals surface area contributed by atoms with Gasteiger partial charge in [0.1, 0.15) is 5.82 Å². The van der Waals surface area contributed by atoms with Gasteiger partial charge in [-0.25, -0.2) is 14.6 Å². The summed E-state index contributed by atoms with van der Waals surface area (Å²) in [4.78, 5) is 10.3. The molecule has 0 aliphatic heterocycles. The lowest BCUT2D eigenvalue weighted by Crippen LogP contribution is -2.24. The molecule has 0 bridgehead atoms. The molecule has 0 unspecified atom stereocenters. The SMILES string of the molecule is NC(=O)N/N=C/c1cc(F)ccc1Br. The smallest absolute Gasteiger partial charge is 0.332 e. The molecule has 0 saturated heterocycles. The molecule has 3 N–H and O–H groups in total. The van der Waals surface area contributed by atoms with Gasteiger partial charge in [0.15, 0.2) is 0 Å². The van der Waals surface area contributed by atoms with Gasteiger partial charge >= 0.3 is 6.03 Å². The van der Waals surface area contributed by atoms with Crippen molar-refractivity contribution >= 4 is 28.2 Å². The highest BCUT2D eigenvalue weighted by Crippen LogP contribution is 2.15. The summed E-state index contributed by atoms with van der Waals surface area (Å²) in [7, 11) is 0. The van der Waals surface area contributed by atoms with Crippen LogP contribution in [-0.2, 0) is 0 Å². The Kier molecular flexibility index (Phi) is 3.58. The number of benzene rings is 1. The van der Waals surface area contributed by atoms with E-state index in [0.717, 1.165) is 0 Å². The normalized spacial score (nSPS) is 10.4. The molecule has 0 saturated carbocycles. The van der Waals surface area contributed by atoms with Crippen LogP contribution in [0.15, 0.2) is 27.8 Å². The van der Waals surface area contributed by atoms with Gasteiger partial charge in [0.25, 0.3) is 0 Å². The molecule has 0 aliphatic rings. The zero-order valence-electron chi connectivity index (χ0n) is 7.00. The molecule has 0 heterocycles. The summed E-state index contributed by atoms with van der Waals surface area (Å²) in [6.45, 7) is 0. The molecule has 1 aromatic carbocycles. The van der Waals surface area contributed by atoms with Crippen molar-refractivity contribution in [1.29, 1.82) is 0 Å². The summed E-state index contributed by atoms with van der Waals surface area (Å²) >= 11 is 3.20. The number of rotatable bonds is 2. The van der Waals surface area contributed by atoms with Gasteiger partial charge in [0.2, 0.25) is 0 Å². The predicted molar refractivity (Wildman–Crippen MR) is 54.4 cm³/mol. The van der Waals surface area contributed by atoms with Gasteiger partial charge in [-0.05, 0) is 18.2 Å². The molecule has 0 radical (unpaired) electrons. The van der Waals surface area contributed by atoms with Crippen LogP contribution in [0.1, 0.15) is 5.56 Å². The maximum absolute atomic E-state index is 12.7. The predicted octanol–water partition coefficient (Wildman–Crippen LogP) is 1.59. The van der Waals surface area contributed by atoms with Crippen molar-refractivity contribution < 1.29 is 9.18 Å². The molecular weight excluding hydrogens is 253 g/mol. The topological polar surface area (TPSA) is 67.5 Å². The lowest BCUT2D eigenvalue weighted by Gasteiger charge is -1.97. The van der Waals surface area contributed by atoms with Crippen molar-refractivity contribution in [3.63, 3.8) is 0 Å². The molecule has 0 spiro atoms. The molecule has 0 atom stereocenters. The van der Waals surface area contributed by atoms with E-state index < -0.39 is 6.03 Å². The number of hydrazone groups is 1. The van der Waals surface area contributed by atoms with E-state index in [-0.39, 0.29) is 5.82 Å². The number of halogens is 2. The van der Waals surface area contributed by atoms with Crippen LogP contribution in [0.4, 0.5) is 9.18 Å². The third-order valence-electron chi connectivity index (χ3n) is 1.34. The molecule has 6 heteroatoms. The molecule has 1 aromatic rings. The summed E-state index contributed by atoms with van der Waals surface area (Å²) in [6.07, 6.45) is 1.29. The van der Waals surface area contributed by atoms with Crippen LogP contribution in [0, 0.1) is 5.82 Å². The maximum atomic E-state index is 12.7. The average Bonchev–Trinajstić information content (AvgIpc) is 2.10. The zero-order chi connectivity index (χ0) is 10.6. The van der Waals surface area contributed by atoms with Gasteiger partial charge in [0, 0.05) is 10.0 Å². The summed E-state index contributed by atoms with van der Waals surface area (Å²) in [6, 6.07) is 3.36. The first kappa shape index (κ1) is 10.6. The second kappa shape index (κ2) is 4.71. The molecule has 0 aromatic heterocycles. The minimum Gasteiger partial charge on any atom is -0.350 e. The number of hydrogen-bond donors (Lipinski definition) is 2. The van der Waals surface area contributed by atoms with Crippen molar-refractivity contribution in [2.45, 2.75) is 0 Å². The number of urea groups is 1. The van der Waals surface area contributed by atoms with E-state index in [1.54, 1.807) is 6.07 Å². The Balaban J connectivity index is 2.80. The first-order chi connectivity index (χ1) is 6.59. The fourth-order valence-corrected chi connectivity index (χ4v) is 1.13. The number of carbonyl (C=O) groups is 1. The molecule has 1 rings (SSSR count). The third kappa shape index (κ3) is 3.14. The van der Waals surface area contributed by atoms with Crippen molar-refractivity contribution in [3.05, 3.63) is 34.1 Å². The molecular formula is C8H7BrFN3O. The van der Waals surface area contributed by atoms with Crippen molar-refractivity contribution in [1.82, 2.24) is 5.43 Å². The van der Waals surface area contributed by atoms with Crippen LogP contribution in [0.5, 0.6) is 0 Å². The van der Waals surface area contributed by atoms with Gasteiger partial charge in [0.05, 0.1) is 6.21 Å². The highest BCUT2D eigenvalue weighted by atomic mass is 79.9. The van der Waals surface area contributed by atoms with Gasteiger partial charge < -0.3 is 5.73 Å². The molecule has 14 heavy (non-hydrogen) atoms. The van der Waals surface area contributed by atoms with Crippen LogP contribution in [0.3, 0.4) is 0 Å². The molecule has 4 nitrogen and oxygen atoms in total. The summed E-state index contributed by atoms with van der Waals surface area (Å²) < 4.78 is 13.4. The number of primary amides is 1. The number of carbonyl (C=O) groups excluding carboxylic acids is 1. The fraction of sp³-hybridized carbons (Fsp3) is 0. The molecule has 2 amide bonds. The first-order valence-corrected chi connectivity index (χ1v) is 4.42. The summed E-state index contributed by atoms with van der Waals surface area (Å²) in [5, 5.41) is 3.50. The minimum absolute atomic E-state index is 0.381. The van der Waals surface area contributed by atoms with Crippen LogP contribution in [0.25, 0.3) is 0 Å². The lowest BCUT2D eigenvalue weighted by molar-refractivity contribution is 0.249. The standard InChI is InChI=1S/C8H7BrFN3O/c9-7-2-1-6(10)3-5(7)4-12-13-8(11)14/h1-4H,(H3,11,13,14)/b12-4+. The average molecular weight is 260 g/mol. The monoisotopic (exact) mass is 259 g/mol. The highest BCUT2D eigenvalue weighted by molar-refractivity contribution is 9.10. The second-order valence-electron chi connectivity index (χ2n) is 2.40. The number of nitrogens with zero attached hydrogens (tertiary/aromatic N) is 1. The third-order valence-corrected chi connectivity index (χ3v) is 2.06. The Morgan fingerprint density at radius 3 is 3.00 bits per heavy atom. The Morgan fingerprint density at radius 1 is 1.64 bits per heavy atom. The number of nitrogens with one attached hydrogen (secondary N) is 1. The Bertz CT molecular complexity index is 381. The van der Waals surface area contributed by atoms with E-state index in [1.807, 2.05) is 5.43 Å². The largest absolute Gasteiger partial charge is 0.350 e. The number of amides is 2. The van der Waals surface area contributed by atoms with E-state index >= 15 is 0 Å². The van der Waals surface area contributed by atoms with Crippen LogP contribution in [0.2, 0.25) is 0 Å². The summed E-state index contributed by atoms with van der Waals surface area (Å²) in [5.41, 5.74) is 7.29. The van der Waals surface area contributed by atoms with Crippen molar-refractivity contribution in [3.8, 4) is 0 Å². The van der Waals surface area contributed by atoms with E-state index in [1.165, 1.54) is 18.3 Å². The molecule has 74 valence electrons. The van der Waals surface area contributed by atoms with Crippen LogP contribution >= 0.6 is 15.9 Å². The highest BCUT2D eigenvalue weighted by Gasteiger charge is 1.98. The van der Waals surface area contributed by atoms with Gasteiger partial charge in [-0.15, -0.1) is 0 Å². The van der Waals surface area contributed by atoms with Crippen LogP contribution < -0.4 is 11.2 Å². The van der Waals surface area contributed by atoms with Crippen molar-refractivity contribution in [2.24, 2.45) is 10.8 Å². The number of hydrogen-bond acceptors (Lipinski definition) is 2. The first-order valence-electron chi connectivity index (χ1n) is 3.63. The molecule has 0 aliphatic carbocycles. The maximum Gasteiger partial charge on any atom is 0.332 e. The van der Waals surface area contributed by atoms with E-state index in [4.69, 9.17) is 5.73 Å². The zero-order valence-corrected chi connectivity index (χ0v) is 8.58. The second-order valence-corrected chi connectivity index (χ2v) is 3.25. The Labute approximate surface area is 88.1 Å². The van der Waals surface area contributed by atoms with E-state index in [0.29, 0.717) is 10.0 Å². The van der Waals surface area contributed by atoms with Gasteiger partial charge in [-0.1, -0.05) is 15.9 Å².